The molecule has 3 rings (SSSR count). The van der Waals surface area contributed by atoms with Gasteiger partial charge in [0.1, 0.15) is 17.4 Å². The van der Waals surface area contributed by atoms with E-state index in [1.807, 2.05) is 6.92 Å². The average molecular weight is 512 g/mol. The van der Waals surface area contributed by atoms with Crippen molar-refractivity contribution in [3.63, 3.8) is 0 Å². The first-order valence-corrected chi connectivity index (χ1v) is 13.0. The fourth-order valence-corrected chi connectivity index (χ4v) is 4.73. The first-order chi connectivity index (χ1) is 17.7. The molecule has 0 saturated carbocycles. The molecule has 3 N–H and O–H groups in total. The van der Waals surface area contributed by atoms with Crippen LogP contribution < -0.4 is 15.8 Å². The van der Waals surface area contributed by atoms with Crippen molar-refractivity contribution in [3.05, 3.63) is 52.7 Å². The Hall–Kier alpha value is -3.29. The fourth-order valence-electron chi connectivity index (χ4n) is 4.73. The molecule has 2 aromatic rings. The third-order valence-corrected chi connectivity index (χ3v) is 7.08. The number of hydrogen-bond acceptors (Lipinski definition) is 7. The Morgan fingerprint density at radius 3 is 2.65 bits per heavy atom. The van der Waals surface area contributed by atoms with Crippen LogP contribution in [0.4, 0.5) is 10.2 Å². The molecule has 1 aliphatic heterocycles. The molecule has 0 bridgehead atoms. The van der Waals surface area contributed by atoms with Gasteiger partial charge in [-0.2, -0.15) is 0 Å². The molecule has 0 saturated heterocycles. The summed E-state index contributed by atoms with van der Waals surface area (Å²) in [5, 5.41) is 3.72. The first kappa shape index (κ1) is 29.9. The maximum Gasteiger partial charge on any atom is 0.213 e. The normalized spacial score (nSPS) is 17.9. The molecule has 3 heterocycles. The summed E-state index contributed by atoms with van der Waals surface area (Å²) in [7, 11) is 3.21. The second kappa shape index (κ2) is 13.9. The number of aliphatic imine (C=N–C) groups is 1. The molecule has 0 fully saturated rings. The zero-order chi connectivity index (χ0) is 27.6. The predicted molar refractivity (Wildman–Crippen MR) is 150 cm³/mol. The molecule has 0 amide bonds. The van der Waals surface area contributed by atoms with Crippen LogP contribution in [0.15, 0.2) is 29.5 Å². The number of nitrogens with zero attached hydrogens (tertiary/aromatic N) is 3. The lowest BCUT2D eigenvalue weighted by molar-refractivity contribution is -0.119. The van der Waals surface area contributed by atoms with E-state index in [2.05, 4.69) is 35.2 Å². The number of carbonyl (C=O) groups excluding carboxylic acids is 1. The van der Waals surface area contributed by atoms with E-state index in [0.717, 1.165) is 48.1 Å². The number of aryl methyl sites for hydroxylation is 2. The van der Waals surface area contributed by atoms with Crippen molar-refractivity contribution in [2.45, 2.75) is 84.6 Å². The van der Waals surface area contributed by atoms with Crippen LogP contribution >= 0.6 is 0 Å². The first-order valence-electron chi connectivity index (χ1n) is 13.0. The van der Waals surface area contributed by atoms with E-state index in [1.165, 1.54) is 31.6 Å². The van der Waals surface area contributed by atoms with E-state index < -0.39 is 11.7 Å². The van der Waals surface area contributed by atoms with E-state index in [-0.39, 0.29) is 11.3 Å². The third kappa shape index (κ3) is 7.37. The van der Waals surface area contributed by atoms with Gasteiger partial charge in [0.2, 0.25) is 5.88 Å². The zero-order valence-corrected chi connectivity index (χ0v) is 23.3. The number of Topliss-reactive ketones (excluding diaryl/α,β-unsaturated/α-hetero) is 1. The quantitative estimate of drug-likeness (QED) is 0.400. The highest BCUT2D eigenvalue weighted by atomic mass is 19.1. The van der Waals surface area contributed by atoms with Crippen molar-refractivity contribution >= 4 is 23.4 Å². The van der Waals surface area contributed by atoms with E-state index in [1.54, 1.807) is 33.3 Å². The molecule has 2 atom stereocenters. The van der Waals surface area contributed by atoms with Crippen molar-refractivity contribution in [2.75, 3.05) is 19.5 Å². The number of nitrogens with two attached hydrogens (primary N) is 1. The number of allylic oxidation sites excluding steroid dienone is 1. The number of carbonyl (C=O) groups is 1. The zero-order valence-electron chi connectivity index (χ0n) is 23.3. The van der Waals surface area contributed by atoms with Crippen LogP contribution in [0.3, 0.4) is 0 Å². The third-order valence-electron chi connectivity index (χ3n) is 7.08. The lowest BCUT2D eigenvalue weighted by Gasteiger charge is -2.39. The van der Waals surface area contributed by atoms with Crippen LogP contribution in [0, 0.1) is 12.7 Å². The largest absolute Gasteiger partial charge is 0.481 e. The summed E-state index contributed by atoms with van der Waals surface area (Å²) in [5.41, 5.74) is 10.6. The SMILES string of the molecule is CCC(=O)C(C)c1cc(OC)ncc1F.CCCC1(CC)CCc2cc(/C(C=NC)=C/N)c(C)nc2N1. The number of anilines is 1. The van der Waals surface area contributed by atoms with Crippen molar-refractivity contribution < 1.29 is 13.9 Å². The lowest BCUT2D eigenvalue weighted by Crippen LogP contribution is -2.41. The Morgan fingerprint density at radius 1 is 1.35 bits per heavy atom. The summed E-state index contributed by atoms with van der Waals surface area (Å²) in [6, 6.07) is 3.68. The smallest absolute Gasteiger partial charge is 0.213 e. The van der Waals surface area contributed by atoms with Crippen molar-refractivity contribution in [3.8, 4) is 5.88 Å². The highest BCUT2D eigenvalue weighted by Gasteiger charge is 2.32. The topological polar surface area (TPSA) is 102 Å². The van der Waals surface area contributed by atoms with Gasteiger partial charge in [-0.25, -0.2) is 14.4 Å². The van der Waals surface area contributed by atoms with Crippen molar-refractivity contribution in [1.82, 2.24) is 9.97 Å². The van der Waals surface area contributed by atoms with Crippen LogP contribution in [0.25, 0.3) is 5.57 Å². The Bertz CT molecular complexity index is 1130. The number of aromatic nitrogens is 2. The summed E-state index contributed by atoms with van der Waals surface area (Å²) in [5.74, 6) is 0.453. The van der Waals surface area contributed by atoms with Gasteiger partial charge in [0.05, 0.1) is 13.3 Å². The highest BCUT2D eigenvalue weighted by Crippen LogP contribution is 2.36. The number of pyridine rings is 2. The minimum absolute atomic E-state index is 0.00199. The molecule has 0 aliphatic carbocycles. The van der Waals surface area contributed by atoms with Crippen LogP contribution in [0.2, 0.25) is 0 Å². The minimum atomic E-state index is -0.467. The van der Waals surface area contributed by atoms with Gasteiger partial charge in [-0.1, -0.05) is 34.1 Å². The highest BCUT2D eigenvalue weighted by molar-refractivity contribution is 6.10. The monoisotopic (exact) mass is 511 g/mol. The van der Waals surface area contributed by atoms with E-state index >= 15 is 0 Å². The molecule has 202 valence electrons. The number of ether oxygens (including phenoxy) is 1. The fraction of sp³-hybridized carbons (Fsp3) is 0.517. The second-order valence-corrected chi connectivity index (χ2v) is 9.44. The number of rotatable bonds is 9. The van der Waals surface area contributed by atoms with Crippen LogP contribution in [-0.2, 0) is 11.2 Å². The molecule has 0 aromatic carbocycles. The van der Waals surface area contributed by atoms with Crippen LogP contribution in [-0.4, -0.2) is 41.7 Å². The molecular weight excluding hydrogens is 469 g/mol. The molecule has 2 aromatic heterocycles. The van der Waals surface area contributed by atoms with Crippen LogP contribution in [0.1, 0.15) is 88.1 Å². The average Bonchev–Trinajstić information content (AvgIpc) is 2.91. The van der Waals surface area contributed by atoms with Gasteiger partial charge in [-0.15, -0.1) is 0 Å². The molecule has 0 spiro atoms. The van der Waals surface area contributed by atoms with Crippen molar-refractivity contribution in [2.24, 2.45) is 10.7 Å². The van der Waals surface area contributed by atoms with Gasteiger partial charge in [-0.3, -0.25) is 9.79 Å². The second-order valence-electron chi connectivity index (χ2n) is 9.44. The number of methoxy groups -OCH3 is 1. The molecule has 2 unspecified atom stereocenters. The number of fused-ring (bicyclic) bond motifs is 1. The van der Waals surface area contributed by atoms with Crippen LogP contribution in [0.5, 0.6) is 5.88 Å². The Labute approximate surface area is 220 Å². The van der Waals surface area contributed by atoms with Gasteiger partial charge in [0.15, 0.2) is 0 Å². The van der Waals surface area contributed by atoms with E-state index in [4.69, 9.17) is 15.5 Å². The summed E-state index contributed by atoms with van der Waals surface area (Å²) in [6.07, 6.45) is 10.6. The Balaban J connectivity index is 0.000000281. The van der Waals surface area contributed by atoms with Gasteiger partial charge >= 0.3 is 0 Å². The summed E-state index contributed by atoms with van der Waals surface area (Å²) >= 11 is 0. The molecular formula is C29H42FN5O2. The Kier molecular flexibility index (Phi) is 11.2. The molecule has 7 nitrogen and oxygen atoms in total. The lowest BCUT2D eigenvalue weighted by atomic mass is 9.81. The number of ketones is 1. The van der Waals surface area contributed by atoms with E-state index in [9.17, 15) is 9.18 Å². The van der Waals surface area contributed by atoms with Gasteiger partial charge in [0.25, 0.3) is 0 Å². The van der Waals surface area contributed by atoms with E-state index in [0.29, 0.717) is 17.9 Å². The summed E-state index contributed by atoms with van der Waals surface area (Å²) < 4.78 is 18.3. The van der Waals surface area contributed by atoms with Gasteiger partial charge < -0.3 is 15.8 Å². The predicted octanol–water partition coefficient (Wildman–Crippen LogP) is 6.01. The summed E-state index contributed by atoms with van der Waals surface area (Å²) in [4.78, 5) is 24.1. The standard InChI is InChI=1S/C18H28N4.C11H14FNO2/c1-5-8-18(6-2)9-7-14-10-16(15(11-19)12-20-4)13(3)21-17(14)22-18;1-4-10(14)7(2)8-5-11(15-3)13-6-9(8)12/h10-12H,5-9,19H2,1-4H3,(H,21,22);5-7H,4H2,1-3H3/b15-11+,20-12?;. The maximum atomic E-state index is 13.4. The van der Waals surface area contributed by atoms with Gasteiger partial charge in [0, 0.05) is 65.8 Å². The number of hydrogen-bond donors (Lipinski definition) is 2. The van der Waals surface area contributed by atoms with Gasteiger partial charge in [-0.05, 0) is 44.2 Å². The Morgan fingerprint density at radius 2 is 2.08 bits per heavy atom. The maximum absolute atomic E-state index is 13.4. The number of nitrogens with one attached hydrogen (secondary N) is 1. The summed E-state index contributed by atoms with van der Waals surface area (Å²) in [6.45, 7) is 9.99. The van der Waals surface area contributed by atoms with Crippen molar-refractivity contribution in [1.29, 1.82) is 0 Å². The minimum Gasteiger partial charge on any atom is -0.481 e. The molecule has 37 heavy (non-hydrogen) atoms. The molecule has 1 aliphatic rings. The number of halogens is 1. The molecule has 0 radical (unpaired) electrons. The molecule has 8 heteroatoms.